The number of nitrogens with zero attached hydrogens (tertiary/aromatic N) is 1. The Balaban J connectivity index is 1.92. The molecule has 2 aromatic heterocycles. The van der Waals surface area contributed by atoms with Gasteiger partial charge in [0.25, 0.3) is 5.56 Å². The number of halogens is 2. The number of carbonyl (C=O) groups excluding carboxylic acids is 1. The molecule has 1 N–H and O–H groups in total. The van der Waals surface area contributed by atoms with Gasteiger partial charge >= 0.3 is 0 Å². The van der Waals surface area contributed by atoms with Crippen LogP contribution in [0.3, 0.4) is 0 Å². The Kier molecular flexibility index (Phi) is 5.06. The average Bonchev–Trinajstić information content (AvgIpc) is 2.72. The van der Waals surface area contributed by atoms with Gasteiger partial charge in [-0.2, -0.15) is 0 Å². The van der Waals surface area contributed by atoms with Crippen molar-refractivity contribution in [1.29, 1.82) is 0 Å². The molecule has 0 aliphatic carbocycles. The lowest BCUT2D eigenvalue weighted by atomic mass is 9.94. The maximum absolute atomic E-state index is 13.3. The molecule has 0 fully saturated rings. The maximum Gasteiger partial charge on any atom is 0.260 e. The number of nitrogens with one attached hydrogen (secondary N) is 1. The molecule has 4 aromatic rings. The number of hydrogen-bond donors (Lipinski definition) is 1. The molecular formula is C23H14ClFN2O2. The van der Waals surface area contributed by atoms with E-state index in [0.717, 1.165) is 11.8 Å². The lowest BCUT2D eigenvalue weighted by molar-refractivity contribution is 0.104. The van der Waals surface area contributed by atoms with Gasteiger partial charge in [0.1, 0.15) is 5.82 Å². The van der Waals surface area contributed by atoms with E-state index in [1.54, 1.807) is 18.2 Å². The quantitative estimate of drug-likeness (QED) is 0.372. The molecule has 0 aliphatic heterocycles. The van der Waals surface area contributed by atoms with Crippen molar-refractivity contribution in [3.05, 3.63) is 105 Å². The van der Waals surface area contributed by atoms with Gasteiger partial charge in [-0.05, 0) is 47.5 Å². The SMILES string of the molecule is O=C(/C=C/c1cncc(F)c1)c1c(-c2ccccc2)c2cc(Cl)ccc2[nH]c1=O. The van der Waals surface area contributed by atoms with Crippen molar-refractivity contribution >= 4 is 34.4 Å². The summed E-state index contributed by atoms with van der Waals surface area (Å²) in [5.74, 6) is -1.01. The van der Waals surface area contributed by atoms with E-state index in [-0.39, 0.29) is 5.56 Å². The normalized spacial score (nSPS) is 11.2. The molecular weight excluding hydrogens is 391 g/mol. The van der Waals surface area contributed by atoms with Crippen LogP contribution in [0.1, 0.15) is 15.9 Å². The second-order valence-corrected chi connectivity index (χ2v) is 6.83. The molecule has 0 atom stereocenters. The van der Waals surface area contributed by atoms with Crippen molar-refractivity contribution < 1.29 is 9.18 Å². The molecule has 0 spiro atoms. The number of H-pyrrole nitrogens is 1. The highest BCUT2D eigenvalue weighted by Gasteiger charge is 2.19. The van der Waals surface area contributed by atoms with Gasteiger partial charge in [0.15, 0.2) is 5.78 Å². The zero-order valence-corrected chi connectivity index (χ0v) is 15.8. The minimum atomic E-state index is -0.511. The number of benzene rings is 2. The zero-order chi connectivity index (χ0) is 20.4. The largest absolute Gasteiger partial charge is 0.321 e. The van der Waals surface area contributed by atoms with Crippen molar-refractivity contribution in [1.82, 2.24) is 9.97 Å². The molecule has 0 amide bonds. The Labute approximate surface area is 170 Å². The van der Waals surface area contributed by atoms with E-state index < -0.39 is 17.2 Å². The van der Waals surface area contributed by atoms with Crippen LogP contribution in [-0.2, 0) is 0 Å². The summed E-state index contributed by atoms with van der Waals surface area (Å²) >= 11 is 6.17. The van der Waals surface area contributed by atoms with Crippen LogP contribution in [0, 0.1) is 5.82 Å². The standard InChI is InChI=1S/C23H14ClFN2O2/c24-16-7-8-19-18(11-16)21(15-4-2-1-3-5-15)22(23(29)27-19)20(28)9-6-14-10-17(25)13-26-12-14/h1-13H,(H,27,29)/b9-6+. The van der Waals surface area contributed by atoms with E-state index in [0.29, 0.717) is 27.1 Å². The van der Waals surface area contributed by atoms with Gasteiger partial charge in [-0.1, -0.05) is 41.9 Å². The van der Waals surface area contributed by atoms with Crippen molar-refractivity contribution in [2.75, 3.05) is 0 Å². The number of aromatic nitrogens is 2. The van der Waals surface area contributed by atoms with E-state index in [4.69, 9.17) is 11.6 Å². The first-order chi connectivity index (χ1) is 14.0. The number of rotatable bonds is 4. The maximum atomic E-state index is 13.3. The fourth-order valence-electron chi connectivity index (χ4n) is 3.18. The molecule has 0 unspecified atom stereocenters. The second-order valence-electron chi connectivity index (χ2n) is 6.39. The van der Waals surface area contributed by atoms with Gasteiger partial charge in [-0.25, -0.2) is 4.39 Å². The summed E-state index contributed by atoms with van der Waals surface area (Å²) in [6.07, 6.45) is 5.17. The highest BCUT2D eigenvalue weighted by molar-refractivity contribution is 6.31. The third kappa shape index (κ3) is 3.86. The number of carbonyl (C=O) groups is 1. The smallest absolute Gasteiger partial charge is 0.260 e. The Morgan fingerprint density at radius 3 is 2.62 bits per heavy atom. The fourth-order valence-corrected chi connectivity index (χ4v) is 3.35. The summed E-state index contributed by atoms with van der Waals surface area (Å²) in [7, 11) is 0. The minimum absolute atomic E-state index is 0.00780. The van der Waals surface area contributed by atoms with Crippen LogP contribution in [0.5, 0.6) is 0 Å². The van der Waals surface area contributed by atoms with E-state index in [2.05, 4.69) is 9.97 Å². The van der Waals surface area contributed by atoms with Crippen molar-refractivity contribution in [2.24, 2.45) is 0 Å². The lowest BCUT2D eigenvalue weighted by Crippen LogP contribution is -2.18. The third-order valence-electron chi connectivity index (χ3n) is 4.44. The molecule has 4 nitrogen and oxygen atoms in total. The minimum Gasteiger partial charge on any atom is -0.321 e. The molecule has 29 heavy (non-hydrogen) atoms. The molecule has 0 aliphatic rings. The van der Waals surface area contributed by atoms with Crippen LogP contribution in [0.4, 0.5) is 4.39 Å². The Bertz CT molecular complexity index is 1310. The summed E-state index contributed by atoms with van der Waals surface area (Å²) < 4.78 is 13.3. The van der Waals surface area contributed by atoms with Crippen LogP contribution in [0.2, 0.25) is 5.02 Å². The van der Waals surface area contributed by atoms with Crippen LogP contribution in [-0.4, -0.2) is 15.8 Å². The van der Waals surface area contributed by atoms with Crippen molar-refractivity contribution in [3.8, 4) is 11.1 Å². The zero-order valence-electron chi connectivity index (χ0n) is 15.0. The average molecular weight is 405 g/mol. The van der Waals surface area contributed by atoms with Gasteiger partial charge in [0.05, 0.1) is 11.8 Å². The first-order valence-corrected chi connectivity index (χ1v) is 9.14. The number of aromatic amines is 1. The van der Waals surface area contributed by atoms with Gasteiger partial charge in [-0.15, -0.1) is 0 Å². The van der Waals surface area contributed by atoms with Crippen LogP contribution >= 0.6 is 11.6 Å². The molecule has 0 bridgehead atoms. The fraction of sp³-hybridized carbons (Fsp3) is 0. The first kappa shape index (κ1) is 18.8. The number of hydrogen-bond acceptors (Lipinski definition) is 3. The van der Waals surface area contributed by atoms with Gasteiger partial charge in [0, 0.05) is 27.7 Å². The molecule has 4 rings (SSSR count). The summed E-state index contributed by atoms with van der Waals surface area (Å²) in [6.45, 7) is 0. The van der Waals surface area contributed by atoms with Gasteiger partial charge < -0.3 is 4.98 Å². The summed E-state index contributed by atoms with van der Waals surface area (Å²) in [5.41, 5.74) is 1.69. The Morgan fingerprint density at radius 2 is 1.86 bits per heavy atom. The van der Waals surface area contributed by atoms with E-state index in [9.17, 15) is 14.0 Å². The highest BCUT2D eigenvalue weighted by Crippen LogP contribution is 2.31. The number of fused-ring (bicyclic) bond motifs is 1. The van der Waals surface area contributed by atoms with Crippen molar-refractivity contribution in [3.63, 3.8) is 0 Å². The number of allylic oxidation sites excluding steroid dienone is 1. The lowest BCUT2D eigenvalue weighted by Gasteiger charge is -2.11. The topological polar surface area (TPSA) is 62.8 Å². The molecule has 2 heterocycles. The molecule has 6 heteroatoms. The predicted molar refractivity (Wildman–Crippen MR) is 113 cm³/mol. The molecule has 0 saturated heterocycles. The van der Waals surface area contributed by atoms with E-state index in [1.165, 1.54) is 24.4 Å². The predicted octanol–water partition coefficient (Wildman–Crippen LogP) is 5.28. The summed E-state index contributed by atoms with van der Waals surface area (Å²) in [4.78, 5) is 32.3. The van der Waals surface area contributed by atoms with E-state index in [1.807, 2.05) is 30.3 Å². The molecule has 0 radical (unpaired) electrons. The number of pyridine rings is 2. The van der Waals surface area contributed by atoms with Gasteiger partial charge in [0.2, 0.25) is 0 Å². The second kappa shape index (κ2) is 7.81. The molecule has 2 aromatic carbocycles. The number of ketones is 1. The molecule has 0 saturated carbocycles. The molecule has 142 valence electrons. The van der Waals surface area contributed by atoms with E-state index >= 15 is 0 Å². The van der Waals surface area contributed by atoms with Gasteiger partial charge in [-0.3, -0.25) is 14.6 Å². The van der Waals surface area contributed by atoms with Crippen LogP contribution in [0.25, 0.3) is 28.1 Å². The highest BCUT2D eigenvalue weighted by atomic mass is 35.5. The summed E-state index contributed by atoms with van der Waals surface area (Å²) in [5, 5.41) is 1.15. The summed E-state index contributed by atoms with van der Waals surface area (Å²) in [6, 6.07) is 15.5. The Morgan fingerprint density at radius 1 is 1.07 bits per heavy atom. The third-order valence-corrected chi connectivity index (χ3v) is 4.67. The first-order valence-electron chi connectivity index (χ1n) is 8.77. The Hall–Kier alpha value is -3.57. The van der Waals surface area contributed by atoms with Crippen molar-refractivity contribution in [2.45, 2.75) is 0 Å². The van der Waals surface area contributed by atoms with Crippen LogP contribution in [0.15, 0.2) is 77.9 Å². The van der Waals surface area contributed by atoms with Crippen LogP contribution < -0.4 is 5.56 Å². The monoisotopic (exact) mass is 404 g/mol.